The molecule has 2 aliphatic rings. The summed E-state index contributed by atoms with van der Waals surface area (Å²) in [6, 6.07) is 0. The zero-order valence-electron chi connectivity index (χ0n) is 15.8. The minimum atomic E-state index is 0.261. The van der Waals surface area contributed by atoms with E-state index in [4.69, 9.17) is 0 Å². The van der Waals surface area contributed by atoms with Crippen LogP contribution in [0.1, 0.15) is 86.5 Å². The lowest BCUT2D eigenvalue weighted by atomic mass is 9.58. The van der Waals surface area contributed by atoms with E-state index in [0.29, 0.717) is 16.7 Å². The molecule has 3 unspecified atom stereocenters. The van der Waals surface area contributed by atoms with Crippen LogP contribution in [0.15, 0.2) is 0 Å². The molecule has 1 nitrogen and oxygen atoms in total. The van der Waals surface area contributed by atoms with Crippen LogP contribution in [0.2, 0.25) is 0 Å². The first-order chi connectivity index (χ1) is 10.2. The number of hydrogen-bond acceptors (Lipinski definition) is 1. The molecule has 1 heteroatoms. The van der Waals surface area contributed by atoms with E-state index < -0.39 is 0 Å². The lowest BCUT2D eigenvalue weighted by Crippen LogP contribution is -2.40. The van der Waals surface area contributed by atoms with E-state index in [9.17, 15) is 4.79 Å². The zero-order chi connectivity index (χ0) is 16.5. The maximum Gasteiger partial charge on any atom is 0.123 e. The number of aldehydes is 1. The quantitative estimate of drug-likeness (QED) is 0.559. The summed E-state index contributed by atoms with van der Waals surface area (Å²) in [6.07, 6.45) is 10.5. The molecule has 2 aliphatic carbocycles. The number of hydrogen-bond donors (Lipinski definition) is 0. The average molecular weight is 307 g/mol. The van der Waals surface area contributed by atoms with Gasteiger partial charge in [0.1, 0.15) is 6.29 Å². The van der Waals surface area contributed by atoms with E-state index in [1.54, 1.807) is 0 Å². The summed E-state index contributed by atoms with van der Waals surface area (Å²) in [6.45, 7) is 14.2. The molecule has 0 radical (unpaired) electrons. The Morgan fingerprint density at radius 3 is 2.50 bits per heavy atom. The maximum atomic E-state index is 11.7. The van der Waals surface area contributed by atoms with Crippen LogP contribution in [-0.2, 0) is 4.79 Å². The van der Waals surface area contributed by atoms with Gasteiger partial charge in [0.2, 0.25) is 0 Å². The van der Waals surface area contributed by atoms with E-state index >= 15 is 0 Å². The van der Waals surface area contributed by atoms with Crippen molar-refractivity contribution in [2.24, 2.45) is 40.4 Å². The Morgan fingerprint density at radius 1 is 1.23 bits per heavy atom. The van der Waals surface area contributed by atoms with Crippen LogP contribution in [0, 0.1) is 40.4 Å². The van der Waals surface area contributed by atoms with Gasteiger partial charge in [-0.1, -0.05) is 54.4 Å². The summed E-state index contributed by atoms with van der Waals surface area (Å²) >= 11 is 0. The SMILES string of the molecule is C[C@H](C(C=O)CCC(C)(C)C)C1CCC2[C@@H](C)CCC[C@]12C. The lowest BCUT2D eigenvalue weighted by Gasteiger charge is -2.47. The molecule has 2 saturated carbocycles. The van der Waals surface area contributed by atoms with E-state index in [-0.39, 0.29) is 5.92 Å². The predicted molar refractivity (Wildman–Crippen MR) is 94.7 cm³/mol. The molecule has 2 fully saturated rings. The van der Waals surface area contributed by atoms with Crippen LogP contribution < -0.4 is 0 Å². The second-order valence-corrected chi connectivity index (χ2v) is 9.92. The molecule has 0 aromatic rings. The van der Waals surface area contributed by atoms with Crippen molar-refractivity contribution in [3.63, 3.8) is 0 Å². The summed E-state index contributed by atoms with van der Waals surface area (Å²) < 4.78 is 0. The Bertz CT molecular complexity index is 380. The molecule has 0 heterocycles. The summed E-state index contributed by atoms with van der Waals surface area (Å²) in [5.74, 6) is 3.37. The first-order valence-corrected chi connectivity index (χ1v) is 9.64. The van der Waals surface area contributed by atoms with Crippen molar-refractivity contribution in [3.05, 3.63) is 0 Å². The zero-order valence-corrected chi connectivity index (χ0v) is 15.8. The molecule has 0 N–H and O–H groups in total. The minimum Gasteiger partial charge on any atom is -0.303 e. The van der Waals surface area contributed by atoms with Crippen molar-refractivity contribution in [2.45, 2.75) is 86.5 Å². The average Bonchev–Trinajstić information content (AvgIpc) is 2.76. The third kappa shape index (κ3) is 3.60. The minimum absolute atomic E-state index is 0.261. The van der Waals surface area contributed by atoms with Crippen molar-refractivity contribution in [2.75, 3.05) is 0 Å². The fourth-order valence-electron chi connectivity index (χ4n) is 5.82. The van der Waals surface area contributed by atoms with Gasteiger partial charge in [-0.15, -0.1) is 0 Å². The molecule has 6 atom stereocenters. The summed E-state index contributed by atoms with van der Waals surface area (Å²) in [4.78, 5) is 11.7. The third-order valence-electron chi connectivity index (χ3n) is 7.26. The van der Waals surface area contributed by atoms with Crippen molar-refractivity contribution in [1.29, 1.82) is 0 Å². The van der Waals surface area contributed by atoms with Gasteiger partial charge in [0.25, 0.3) is 0 Å². The van der Waals surface area contributed by atoms with Crippen molar-refractivity contribution in [3.8, 4) is 0 Å². The molecule has 22 heavy (non-hydrogen) atoms. The first kappa shape index (κ1) is 18.0. The largest absolute Gasteiger partial charge is 0.303 e. The van der Waals surface area contributed by atoms with Crippen molar-refractivity contribution >= 4 is 6.29 Å². The molecule has 0 aromatic carbocycles. The highest BCUT2D eigenvalue weighted by molar-refractivity contribution is 5.54. The molecule has 0 saturated heterocycles. The molecule has 0 aromatic heterocycles. The molecular weight excluding hydrogens is 268 g/mol. The third-order valence-corrected chi connectivity index (χ3v) is 7.26. The molecule has 0 bridgehead atoms. The molecule has 0 spiro atoms. The van der Waals surface area contributed by atoms with Crippen LogP contribution >= 0.6 is 0 Å². The molecule has 2 rings (SSSR count). The first-order valence-electron chi connectivity index (χ1n) is 9.64. The van der Waals surface area contributed by atoms with Gasteiger partial charge in [-0.2, -0.15) is 0 Å². The standard InChI is InChI=1S/C21H38O/c1-15-8-7-12-21(6)18(15)9-10-19(21)16(2)17(14-22)11-13-20(3,4)5/h14-19H,7-13H2,1-6H3/t15-,16+,17?,18?,19?,21-/m0/s1. The van der Waals surface area contributed by atoms with Gasteiger partial charge in [-0.25, -0.2) is 0 Å². The van der Waals surface area contributed by atoms with E-state index in [0.717, 1.165) is 30.6 Å². The highest BCUT2D eigenvalue weighted by atomic mass is 16.1. The second-order valence-electron chi connectivity index (χ2n) is 9.92. The lowest BCUT2D eigenvalue weighted by molar-refractivity contribution is -0.114. The van der Waals surface area contributed by atoms with Crippen LogP contribution in [0.3, 0.4) is 0 Å². The molecular formula is C21H38O. The van der Waals surface area contributed by atoms with E-state index in [2.05, 4.69) is 41.5 Å². The van der Waals surface area contributed by atoms with Gasteiger partial charge in [0.15, 0.2) is 0 Å². The van der Waals surface area contributed by atoms with Gasteiger partial charge in [-0.3, -0.25) is 0 Å². The Kier molecular flexibility index (Phi) is 5.45. The topological polar surface area (TPSA) is 17.1 Å². The van der Waals surface area contributed by atoms with Crippen LogP contribution in [0.4, 0.5) is 0 Å². The highest BCUT2D eigenvalue weighted by Crippen LogP contribution is 2.60. The van der Waals surface area contributed by atoms with Crippen molar-refractivity contribution < 1.29 is 4.79 Å². The van der Waals surface area contributed by atoms with Crippen LogP contribution in [0.5, 0.6) is 0 Å². The predicted octanol–water partition coefficient (Wildman–Crippen LogP) is 6.12. The molecule has 0 amide bonds. The Morgan fingerprint density at radius 2 is 1.91 bits per heavy atom. The van der Waals surface area contributed by atoms with Crippen LogP contribution in [-0.4, -0.2) is 6.29 Å². The number of carbonyl (C=O) groups excluding carboxylic acids is 1. The molecule has 0 aliphatic heterocycles. The normalized spacial score (nSPS) is 38.4. The fourth-order valence-corrected chi connectivity index (χ4v) is 5.82. The molecule has 128 valence electrons. The smallest absolute Gasteiger partial charge is 0.123 e. The van der Waals surface area contributed by atoms with Crippen LogP contribution in [0.25, 0.3) is 0 Å². The van der Waals surface area contributed by atoms with E-state index in [1.165, 1.54) is 38.4 Å². The van der Waals surface area contributed by atoms with Gasteiger partial charge in [-0.05, 0) is 66.6 Å². The maximum absolute atomic E-state index is 11.7. The van der Waals surface area contributed by atoms with Gasteiger partial charge < -0.3 is 4.79 Å². The van der Waals surface area contributed by atoms with E-state index in [1.807, 2.05) is 0 Å². The monoisotopic (exact) mass is 306 g/mol. The second kappa shape index (κ2) is 6.65. The van der Waals surface area contributed by atoms with Gasteiger partial charge in [0.05, 0.1) is 0 Å². The Hall–Kier alpha value is -0.330. The Balaban J connectivity index is 2.07. The number of carbonyl (C=O) groups is 1. The Labute approximate surface area is 138 Å². The summed E-state index contributed by atoms with van der Waals surface area (Å²) in [5.41, 5.74) is 0.836. The number of fused-ring (bicyclic) bond motifs is 1. The number of rotatable bonds is 5. The van der Waals surface area contributed by atoms with Gasteiger partial charge in [0, 0.05) is 5.92 Å². The van der Waals surface area contributed by atoms with Gasteiger partial charge >= 0.3 is 0 Å². The summed E-state index contributed by atoms with van der Waals surface area (Å²) in [5, 5.41) is 0. The highest BCUT2D eigenvalue weighted by Gasteiger charge is 2.52. The summed E-state index contributed by atoms with van der Waals surface area (Å²) in [7, 11) is 0. The van der Waals surface area contributed by atoms with Crippen molar-refractivity contribution in [1.82, 2.24) is 0 Å². The fraction of sp³-hybridized carbons (Fsp3) is 0.952.